The van der Waals surface area contributed by atoms with Gasteiger partial charge in [-0.15, -0.1) is 0 Å². The number of pyridine rings is 1. The second-order valence-corrected chi connectivity index (χ2v) is 6.46. The van der Waals surface area contributed by atoms with Crippen LogP contribution in [0.3, 0.4) is 0 Å². The maximum absolute atomic E-state index is 11.6. The van der Waals surface area contributed by atoms with E-state index in [1.807, 2.05) is 0 Å². The number of hydrogen-bond acceptors (Lipinski definition) is 5. The van der Waals surface area contributed by atoms with Gasteiger partial charge in [-0.3, -0.25) is 0 Å². The van der Waals surface area contributed by atoms with E-state index >= 15 is 0 Å². The lowest BCUT2D eigenvalue weighted by molar-refractivity contribution is 0.107. The fourth-order valence-electron chi connectivity index (χ4n) is 2.05. The minimum atomic E-state index is -3.24. The Bertz CT molecular complexity index is 496. The Kier molecular flexibility index (Phi) is 4.19. The molecule has 1 aliphatic rings. The van der Waals surface area contributed by atoms with E-state index < -0.39 is 9.84 Å². The normalized spacial score (nSPS) is 19.9. The molecule has 100 valence electrons. The summed E-state index contributed by atoms with van der Waals surface area (Å²) >= 11 is 0. The van der Waals surface area contributed by atoms with E-state index in [4.69, 9.17) is 4.74 Å². The predicted molar refractivity (Wildman–Crippen MR) is 69.4 cm³/mol. The summed E-state index contributed by atoms with van der Waals surface area (Å²) in [5.41, 5.74) is 0. The molecule has 6 heteroatoms. The van der Waals surface area contributed by atoms with Gasteiger partial charge in [0.15, 0.2) is 9.84 Å². The molecule has 0 amide bonds. The Morgan fingerprint density at radius 2 is 2.39 bits per heavy atom. The van der Waals surface area contributed by atoms with Crippen LogP contribution in [0.15, 0.2) is 23.2 Å². The molecule has 0 radical (unpaired) electrons. The third-order valence-electron chi connectivity index (χ3n) is 2.95. The Hall–Kier alpha value is -1.14. The van der Waals surface area contributed by atoms with Crippen LogP contribution in [0.25, 0.3) is 0 Å². The molecule has 1 aromatic heterocycles. The van der Waals surface area contributed by atoms with Crippen molar-refractivity contribution in [2.24, 2.45) is 0 Å². The van der Waals surface area contributed by atoms with Gasteiger partial charge in [-0.2, -0.15) is 0 Å². The van der Waals surface area contributed by atoms with Crippen LogP contribution in [-0.4, -0.2) is 38.9 Å². The molecule has 1 saturated heterocycles. The second kappa shape index (κ2) is 5.67. The van der Waals surface area contributed by atoms with Crippen molar-refractivity contribution < 1.29 is 13.2 Å². The number of aromatic nitrogens is 1. The molecule has 1 fully saturated rings. The van der Waals surface area contributed by atoms with Gasteiger partial charge in [0.2, 0.25) is 0 Å². The number of hydrogen-bond donors (Lipinski definition) is 1. The zero-order valence-electron chi connectivity index (χ0n) is 10.4. The molecule has 2 rings (SSSR count). The van der Waals surface area contributed by atoms with Gasteiger partial charge >= 0.3 is 0 Å². The quantitative estimate of drug-likeness (QED) is 0.877. The second-order valence-electron chi connectivity index (χ2n) is 4.47. The average Bonchev–Trinajstić information content (AvgIpc) is 2.81. The average molecular weight is 270 g/mol. The monoisotopic (exact) mass is 270 g/mol. The lowest BCUT2D eigenvalue weighted by Gasteiger charge is -2.12. The third-order valence-corrected chi connectivity index (χ3v) is 4.08. The van der Waals surface area contributed by atoms with E-state index in [9.17, 15) is 8.42 Å². The summed E-state index contributed by atoms with van der Waals surface area (Å²) in [5, 5.41) is 3.08. The summed E-state index contributed by atoms with van der Waals surface area (Å²) in [4.78, 5) is 4.33. The van der Waals surface area contributed by atoms with E-state index in [0.717, 1.165) is 25.9 Å². The highest BCUT2D eigenvalue weighted by atomic mass is 32.2. The fourth-order valence-corrected chi connectivity index (χ4v) is 2.85. The number of ether oxygens (including phenoxy) is 1. The minimum absolute atomic E-state index is 0.248. The molecule has 1 N–H and O–H groups in total. The van der Waals surface area contributed by atoms with E-state index in [1.165, 1.54) is 6.26 Å². The standard InChI is InChI=1S/C12H18N2O3S/c1-18(15,16)11-5-2-7-13-12(11)14-8-6-10-4-3-9-17-10/h2,5,7,10H,3-4,6,8-9H2,1H3,(H,13,14). The summed E-state index contributed by atoms with van der Waals surface area (Å²) in [5.74, 6) is 0.429. The van der Waals surface area contributed by atoms with Crippen molar-refractivity contribution in [3.05, 3.63) is 18.3 Å². The number of nitrogens with one attached hydrogen (secondary N) is 1. The molecule has 1 aromatic rings. The first-order chi connectivity index (χ1) is 8.57. The van der Waals surface area contributed by atoms with Crippen LogP contribution in [0, 0.1) is 0 Å². The topological polar surface area (TPSA) is 68.3 Å². The number of nitrogens with zero attached hydrogens (tertiary/aromatic N) is 1. The van der Waals surface area contributed by atoms with Crippen LogP contribution in [-0.2, 0) is 14.6 Å². The fraction of sp³-hybridized carbons (Fsp3) is 0.583. The molecule has 0 aromatic carbocycles. The zero-order valence-corrected chi connectivity index (χ0v) is 11.2. The predicted octanol–water partition coefficient (Wildman–Crippen LogP) is 1.47. The van der Waals surface area contributed by atoms with Crippen LogP contribution < -0.4 is 5.32 Å². The molecule has 5 nitrogen and oxygen atoms in total. The van der Waals surface area contributed by atoms with Gasteiger partial charge in [-0.05, 0) is 31.4 Å². The highest BCUT2D eigenvalue weighted by molar-refractivity contribution is 7.90. The van der Waals surface area contributed by atoms with Crippen LogP contribution >= 0.6 is 0 Å². The van der Waals surface area contributed by atoms with Crippen LogP contribution in [0.5, 0.6) is 0 Å². The largest absolute Gasteiger partial charge is 0.378 e. The van der Waals surface area contributed by atoms with E-state index in [2.05, 4.69) is 10.3 Å². The van der Waals surface area contributed by atoms with Crippen molar-refractivity contribution >= 4 is 15.7 Å². The lowest BCUT2D eigenvalue weighted by Crippen LogP contribution is -2.14. The molecule has 1 unspecified atom stereocenters. The van der Waals surface area contributed by atoms with Crippen LogP contribution in [0.1, 0.15) is 19.3 Å². The Morgan fingerprint density at radius 3 is 3.06 bits per heavy atom. The Labute approximate surface area is 107 Å². The molecular formula is C12H18N2O3S. The summed E-state index contributed by atoms with van der Waals surface area (Å²) in [7, 11) is -3.24. The maximum Gasteiger partial charge on any atom is 0.179 e. The van der Waals surface area contributed by atoms with Crippen molar-refractivity contribution in [2.75, 3.05) is 24.7 Å². The van der Waals surface area contributed by atoms with Crippen LogP contribution in [0.4, 0.5) is 5.82 Å². The van der Waals surface area contributed by atoms with Gasteiger partial charge in [-0.25, -0.2) is 13.4 Å². The van der Waals surface area contributed by atoms with Crippen molar-refractivity contribution in [3.8, 4) is 0 Å². The first-order valence-corrected chi connectivity index (χ1v) is 7.97. The summed E-state index contributed by atoms with van der Waals surface area (Å²) in [6.07, 6.45) is 6.15. The third kappa shape index (κ3) is 3.43. The zero-order chi connectivity index (χ0) is 13.0. The molecule has 1 aliphatic heterocycles. The molecule has 0 spiro atoms. The summed E-state index contributed by atoms with van der Waals surface area (Å²) in [6.45, 7) is 1.51. The van der Waals surface area contributed by atoms with Gasteiger partial charge in [0, 0.05) is 25.6 Å². The number of sulfone groups is 1. The van der Waals surface area contributed by atoms with Gasteiger partial charge < -0.3 is 10.1 Å². The highest BCUT2D eigenvalue weighted by Gasteiger charge is 2.16. The minimum Gasteiger partial charge on any atom is -0.378 e. The highest BCUT2D eigenvalue weighted by Crippen LogP contribution is 2.19. The van der Waals surface area contributed by atoms with E-state index in [-0.39, 0.29) is 4.90 Å². The van der Waals surface area contributed by atoms with Gasteiger partial charge in [0.25, 0.3) is 0 Å². The van der Waals surface area contributed by atoms with Gasteiger partial charge in [0.05, 0.1) is 6.10 Å². The van der Waals surface area contributed by atoms with Crippen molar-refractivity contribution in [3.63, 3.8) is 0 Å². The SMILES string of the molecule is CS(=O)(=O)c1cccnc1NCCC1CCCO1. The van der Waals surface area contributed by atoms with Crippen molar-refractivity contribution in [1.82, 2.24) is 4.98 Å². The molecule has 1 atom stereocenters. The maximum atomic E-state index is 11.6. The van der Waals surface area contributed by atoms with Crippen molar-refractivity contribution in [2.45, 2.75) is 30.3 Å². The lowest BCUT2D eigenvalue weighted by atomic mass is 10.2. The molecule has 0 bridgehead atoms. The molecule has 0 saturated carbocycles. The molecule has 18 heavy (non-hydrogen) atoms. The number of rotatable bonds is 5. The van der Waals surface area contributed by atoms with E-state index in [1.54, 1.807) is 18.3 Å². The Morgan fingerprint density at radius 1 is 1.56 bits per heavy atom. The summed E-state index contributed by atoms with van der Waals surface area (Å²) in [6, 6.07) is 3.19. The van der Waals surface area contributed by atoms with Crippen molar-refractivity contribution in [1.29, 1.82) is 0 Å². The first kappa shape index (κ1) is 13.3. The van der Waals surface area contributed by atoms with Gasteiger partial charge in [0.1, 0.15) is 10.7 Å². The van der Waals surface area contributed by atoms with Crippen LogP contribution in [0.2, 0.25) is 0 Å². The van der Waals surface area contributed by atoms with E-state index in [0.29, 0.717) is 18.5 Å². The molecule has 0 aliphatic carbocycles. The Balaban J connectivity index is 1.96. The first-order valence-electron chi connectivity index (χ1n) is 6.08. The van der Waals surface area contributed by atoms with Gasteiger partial charge in [-0.1, -0.05) is 0 Å². The summed E-state index contributed by atoms with van der Waals surface area (Å²) < 4.78 is 28.6. The molecule has 2 heterocycles. The number of anilines is 1. The molecular weight excluding hydrogens is 252 g/mol. The smallest absolute Gasteiger partial charge is 0.179 e.